The molecule has 1 aliphatic rings. The molecule has 1 saturated heterocycles. The van der Waals surface area contributed by atoms with E-state index in [0.29, 0.717) is 13.2 Å². The van der Waals surface area contributed by atoms with Gasteiger partial charge in [-0.05, 0) is 11.6 Å². The van der Waals surface area contributed by atoms with Crippen molar-refractivity contribution in [3.05, 3.63) is 34.3 Å². The molecule has 1 unspecified atom stereocenters. The van der Waals surface area contributed by atoms with Gasteiger partial charge in [-0.1, -0.05) is 34.1 Å². The molecule has 1 amide bonds. The van der Waals surface area contributed by atoms with Gasteiger partial charge in [0.2, 0.25) is 0 Å². The number of benzene rings is 1. The minimum atomic E-state index is -0.693. The summed E-state index contributed by atoms with van der Waals surface area (Å²) in [6, 6.07) is 7.42. The summed E-state index contributed by atoms with van der Waals surface area (Å²) in [5, 5.41) is 10.0. The largest absolute Gasteiger partial charge is 0.448 e. The topological polar surface area (TPSA) is 49.8 Å². The van der Waals surface area contributed by atoms with Crippen molar-refractivity contribution in [1.82, 2.24) is 4.90 Å². The van der Waals surface area contributed by atoms with Gasteiger partial charge in [0.05, 0.1) is 19.2 Å². The molecule has 1 aromatic rings. The van der Waals surface area contributed by atoms with Crippen LogP contribution >= 0.6 is 15.9 Å². The third kappa shape index (κ3) is 2.36. The average Bonchev–Trinajstić information content (AvgIpc) is 2.65. The molecule has 2 rings (SSSR count). The predicted molar refractivity (Wildman–Crippen MR) is 62.0 cm³/mol. The number of halogens is 1. The van der Waals surface area contributed by atoms with Gasteiger partial charge in [-0.2, -0.15) is 0 Å². The predicted octanol–water partition coefficient (Wildman–Crippen LogP) is 1.93. The molecule has 1 atom stereocenters. The number of amides is 1. The van der Waals surface area contributed by atoms with E-state index in [1.165, 1.54) is 4.90 Å². The monoisotopic (exact) mass is 285 g/mol. The summed E-state index contributed by atoms with van der Waals surface area (Å²) in [5.41, 5.74) is 0.780. The molecular weight excluding hydrogens is 274 g/mol. The minimum Gasteiger partial charge on any atom is -0.448 e. The fraction of sp³-hybridized carbons (Fsp3) is 0.364. The number of ether oxygens (including phenoxy) is 1. The van der Waals surface area contributed by atoms with E-state index in [1.54, 1.807) is 0 Å². The highest BCUT2D eigenvalue weighted by molar-refractivity contribution is 9.10. The Morgan fingerprint density at radius 3 is 2.88 bits per heavy atom. The molecule has 4 nitrogen and oxygen atoms in total. The van der Waals surface area contributed by atoms with Crippen LogP contribution < -0.4 is 0 Å². The maximum absolute atomic E-state index is 11.2. The zero-order chi connectivity index (χ0) is 11.5. The van der Waals surface area contributed by atoms with E-state index in [2.05, 4.69) is 15.9 Å². The molecule has 16 heavy (non-hydrogen) atoms. The summed E-state index contributed by atoms with van der Waals surface area (Å²) in [5.74, 6) is 0. The van der Waals surface area contributed by atoms with Crippen LogP contribution in [0.3, 0.4) is 0 Å². The zero-order valence-corrected chi connectivity index (χ0v) is 10.2. The van der Waals surface area contributed by atoms with E-state index < -0.39 is 6.10 Å². The quantitative estimate of drug-likeness (QED) is 0.923. The lowest BCUT2D eigenvalue weighted by molar-refractivity contribution is 0.118. The van der Waals surface area contributed by atoms with Crippen molar-refractivity contribution in [2.45, 2.75) is 6.10 Å². The van der Waals surface area contributed by atoms with Gasteiger partial charge in [0, 0.05) is 4.47 Å². The van der Waals surface area contributed by atoms with Gasteiger partial charge in [-0.25, -0.2) is 4.79 Å². The van der Waals surface area contributed by atoms with Crippen molar-refractivity contribution in [3.63, 3.8) is 0 Å². The molecule has 1 N–H and O–H groups in total. The third-order valence-corrected chi connectivity index (χ3v) is 3.22. The molecule has 0 radical (unpaired) electrons. The Balaban J connectivity index is 2.05. The molecule has 0 bridgehead atoms. The van der Waals surface area contributed by atoms with Crippen LogP contribution in [0.5, 0.6) is 0 Å². The normalized spacial score (nSPS) is 17.4. The van der Waals surface area contributed by atoms with Crippen molar-refractivity contribution >= 4 is 22.0 Å². The first-order valence-corrected chi connectivity index (χ1v) is 5.82. The summed E-state index contributed by atoms with van der Waals surface area (Å²) < 4.78 is 5.64. The molecule has 0 spiro atoms. The summed E-state index contributed by atoms with van der Waals surface area (Å²) >= 11 is 3.37. The van der Waals surface area contributed by atoms with Crippen molar-refractivity contribution in [2.24, 2.45) is 0 Å². The Morgan fingerprint density at radius 2 is 2.25 bits per heavy atom. The second kappa shape index (κ2) is 4.84. The van der Waals surface area contributed by atoms with E-state index >= 15 is 0 Å². The van der Waals surface area contributed by atoms with Crippen LogP contribution in [0, 0.1) is 0 Å². The number of nitrogens with zero attached hydrogens (tertiary/aromatic N) is 1. The molecule has 0 aromatic heterocycles. The minimum absolute atomic E-state index is 0.265. The Morgan fingerprint density at radius 1 is 1.50 bits per heavy atom. The first-order valence-electron chi connectivity index (χ1n) is 5.02. The number of rotatable bonds is 3. The second-order valence-corrected chi connectivity index (χ2v) is 4.45. The van der Waals surface area contributed by atoms with Crippen LogP contribution in [-0.2, 0) is 4.74 Å². The van der Waals surface area contributed by atoms with E-state index in [9.17, 15) is 9.90 Å². The fourth-order valence-corrected chi connectivity index (χ4v) is 2.19. The standard InChI is InChI=1S/C11H12BrNO3/c12-9-4-2-1-3-8(9)10(14)7-13-5-6-16-11(13)15/h1-4,10,14H,5-7H2. The number of aliphatic hydroxyl groups is 1. The first kappa shape index (κ1) is 11.4. The lowest BCUT2D eigenvalue weighted by Gasteiger charge is -2.18. The van der Waals surface area contributed by atoms with Gasteiger partial charge >= 0.3 is 6.09 Å². The lowest BCUT2D eigenvalue weighted by Crippen LogP contribution is -2.29. The maximum Gasteiger partial charge on any atom is 0.410 e. The number of hydrogen-bond donors (Lipinski definition) is 1. The molecule has 1 aromatic carbocycles. The van der Waals surface area contributed by atoms with Crippen LogP contribution in [0.2, 0.25) is 0 Å². The average molecular weight is 286 g/mol. The van der Waals surface area contributed by atoms with Crippen molar-refractivity contribution < 1.29 is 14.6 Å². The smallest absolute Gasteiger partial charge is 0.410 e. The van der Waals surface area contributed by atoms with Crippen LogP contribution in [0.25, 0.3) is 0 Å². The first-order chi connectivity index (χ1) is 7.68. The summed E-state index contributed by atoms with van der Waals surface area (Å²) in [6.07, 6.45) is -1.05. The third-order valence-electron chi connectivity index (χ3n) is 2.50. The van der Waals surface area contributed by atoms with E-state index in [4.69, 9.17) is 4.74 Å². The van der Waals surface area contributed by atoms with Gasteiger partial charge in [0.15, 0.2) is 0 Å². The Kier molecular flexibility index (Phi) is 3.46. The summed E-state index contributed by atoms with van der Waals surface area (Å²) in [6.45, 7) is 1.21. The van der Waals surface area contributed by atoms with Crippen molar-refractivity contribution in [2.75, 3.05) is 19.7 Å². The number of aliphatic hydroxyl groups excluding tert-OH is 1. The van der Waals surface area contributed by atoms with Crippen molar-refractivity contribution in [3.8, 4) is 0 Å². The molecule has 86 valence electrons. The van der Waals surface area contributed by atoms with Gasteiger partial charge in [-0.3, -0.25) is 0 Å². The maximum atomic E-state index is 11.2. The number of cyclic esters (lactones) is 1. The Hall–Kier alpha value is -1.07. The van der Waals surface area contributed by atoms with Crippen LogP contribution in [0.1, 0.15) is 11.7 Å². The summed E-state index contributed by atoms with van der Waals surface area (Å²) in [7, 11) is 0. The number of carbonyl (C=O) groups is 1. The second-order valence-electron chi connectivity index (χ2n) is 3.60. The molecule has 1 aliphatic heterocycles. The van der Waals surface area contributed by atoms with Crippen LogP contribution in [0.4, 0.5) is 4.79 Å². The SMILES string of the molecule is O=C1OCCN1CC(O)c1ccccc1Br. The van der Waals surface area contributed by atoms with Gasteiger partial charge in [0.25, 0.3) is 0 Å². The highest BCUT2D eigenvalue weighted by Crippen LogP contribution is 2.24. The van der Waals surface area contributed by atoms with Crippen LogP contribution in [0.15, 0.2) is 28.7 Å². The molecule has 1 heterocycles. The lowest BCUT2D eigenvalue weighted by atomic mass is 10.1. The molecular formula is C11H12BrNO3. The molecule has 1 fully saturated rings. The summed E-state index contributed by atoms with van der Waals surface area (Å²) in [4.78, 5) is 12.7. The van der Waals surface area contributed by atoms with Crippen LogP contribution in [-0.4, -0.2) is 35.8 Å². The van der Waals surface area contributed by atoms with Crippen molar-refractivity contribution in [1.29, 1.82) is 0 Å². The Labute approximate surface area is 102 Å². The van der Waals surface area contributed by atoms with Gasteiger partial charge in [0.1, 0.15) is 6.61 Å². The van der Waals surface area contributed by atoms with E-state index in [1.807, 2.05) is 24.3 Å². The van der Waals surface area contributed by atoms with E-state index in [0.717, 1.165) is 10.0 Å². The number of hydrogen-bond acceptors (Lipinski definition) is 3. The fourth-order valence-electron chi connectivity index (χ4n) is 1.64. The van der Waals surface area contributed by atoms with Gasteiger partial charge < -0.3 is 14.7 Å². The molecule has 0 aliphatic carbocycles. The highest BCUT2D eigenvalue weighted by Gasteiger charge is 2.25. The molecule has 0 saturated carbocycles. The van der Waals surface area contributed by atoms with E-state index in [-0.39, 0.29) is 12.6 Å². The zero-order valence-electron chi connectivity index (χ0n) is 8.60. The number of carbonyl (C=O) groups excluding carboxylic acids is 1. The number of β-amino-alcohol motifs (C(OH)–C–C–N with tert-alkyl or cyclic N) is 1. The highest BCUT2D eigenvalue weighted by atomic mass is 79.9. The van der Waals surface area contributed by atoms with Gasteiger partial charge in [-0.15, -0.1) is 0 Å². The Bertz CT molecular complexity index is 397. The molecule has 5 heteroatoms.